The number of hydrogen-bond acceptors (Lipinski definition) is 22. The van der Waals surface area contributed by atoms with Crippen LogP contribution in [0.4, 0.5) is 48.5 Å². The van der Waals surface area contributed by atoms with Gasteiger partial charge in [0.2, 0.25) is 17.8 Å². The molecule has 0 saturated carbocycles. The quantitative estimate of drug-likeness (QED) is 0.0627. The van der Waals surface area contributed by atoms with Gasteiger partial charge in [0.1, 0.15) is 34.9 Å². The van der Waals surface area contributed by atoms with E-state index in [1.807, 2.05) is 112 Å². The highest BCUT2D eigenvalue weighted by atomic mass is 19.1. The topological polar surface area (TPSA) is 283 Å². The molecular formula is C81H82F3N27O3+2. The van der Waals surface area contributed by atoms with Gasteiger partial charge in [-0.2, -0.15) is 29.4 Å². The molecule has 3 N–H and O–H groups in total. The first-order valence-corrected chi connectivity index (χ1v) is 37.7. The minimum Gasteiger partial charge on any atom is -0.395 e. The number of halogens is 3. The third-order valence-corrected chi connectivity index (χ3v) is 22.8. The van der Waals surface area contributed by atoms with Gasteiger partial charge in [-0.05, 0) is 109 Å². The summed E-state index contributed by atoms with van der Waals surface area (Å²) in [6, 6.07) is 24.5. The summed E-state index contributed by atoms with van der Waals surface area (Å²) in [4.78, 5) is 47.0. The van der Waals surface area contributed by atoms with Crippen LogP contribution in [0.25, 0.3) is 49.9 Å². The molecular weight excluding hydrogens is 1460 g/mol. The number of aromatic nitrogens is 21. The molecule has 578 valence electrons. The Labute approximate surface area is 651 Å². The van der Waals surface area contributed by atoms with Gasteiger partial charge in [-0.3, -0.25) is 14.5 Å². The normalized spacial score (nSPS) is 16.7. The summed E-state index contributed by atoms with van der Waals surface area (Å²) < 4.78 is 57.3. The van der Waals surface area contributed by atoms with Crippen LogP contribution in [0, 0.1) is 17.5 Å². The van der Waals surface area contributed by atoms with E-state index in [2.05, 4.69) is 73.9 Å². The largest absolute Gasteiger partial charge is 0.395 e. The van der Waals surface area contributed by atoms with Gasteiger partial charge in [-0.15, -0.1) is 0 Å². The Balaban J connectivity index is 0.612. The lowest BCUT2D eigenvalue weighted by Gasteiger charge is -2.40. The highest BCUT2D eigenvalue weighted by Gasteiger charge is 2.37. The number of aliphatic hydroxyl groups excluding tert-OH is 2. The summed E-state index contributed by atoms with van der Waals surface area (Å²) in [6.07, 6.45) is 33.2. The Hall–Kier alpha value is -13.1. The number of rotatable bonds is 21. The third kappa shape index (κ3) is 13.5. The summed E-state index contributed by atoms with van der Waals surface area (Å²) in [5, 5.41) is 61.9. The number of nitrogens with zero attached hydrogens (tertiary/aromatic N) is 27. The number of piperazine rings is 3. The Kier molecular flexibility index (Phi) is 18.5. The molecule has 3 aliphatic rings. The van der Waals surface area contributed by atoms with Crippen molar-refractivity contribution in [3.8, 4) is 33.4 Å². The van der Waals surface area contributed by atoms with Crippen molar-refractivity contribution in [2.75, 3.05) is 115 Å². The molecule has 15 aromatic rings. The molecule has 4 unspecified atom stereocenters. The van der Waals surface area contributed by atoms with Gasteiger partial charge in [-0.25, -0.2) is 71.1 Å². The van der Waals surface area contributed by atoms with Gasteiger partial charge in [0.05, 0.1) is 96.6 Å². The SMILES string of the molecule is CC1CN(c2ncnn3cc(-c4cnn(C[n+]5cnn6cc(-c7cnn(C[n+]8cnn9cc(-c%10cnn(C)c%10)cc9c8N8CCN(c9ncc(C(C)(CO)c%10ccc(F)cc%10)cn9)CC8)c7)cc6c5N5CCN(c6ncc(C(C)(CO)c7ccc(F)cc7)cn6)CC5)c4)cc23)CCN1c1ncc(C(C)(O)c2ccc(F)cc2)cn1. The molecule has 12 aromatic heterocycles. The van der Waals surface area contributed by atoms with Gasteiger partial charge >= 0.3 is 0 Å². The van der Waals surface area contributed by atoms with Gasteiger partial charge in [0.25, 0.3) is 24.3 Å². The second-order valence-electron chi connectivity index (χ2n) is 30.2. The van der Waals surface area contributed by atoms with E-state index in [4.69, 9.17) is 55.3 Å². The second kappa shape index (κ2) is 29.2. The fourth-order valence-electron chi connectivity index (χ4n) is 15.9. The van der Waals surface area contributed by atoms with Crippen LogP contribution >= 0.6 is 0 Å². The monoisotopic (exact) mass is 1540 g/mol. The first-order valence-electron chi connectivity index (χ1n) is 37.7. The number of hydrogen-bond donors (Lipinski definition) is 3. The van der Waals surface area contributed by atoms with Crippen LogP contribution in [-0.4, -0.2) is 200 Å². The predicted octanol–water partition coefficient (Wildman–Crippen LogP) is 6.75. The number of anilines is 6. The molecule has 15 heterocycles. The maximum Gasteiger partial charge on any atom is 0.253 e. The van der Waals surface area contributed by atoms with Crippen molar-refractivity contribution in [2.24, 2.45) is 7.05 Å². The van der Waals surface area contributed by atoms with E-state index in [1.54, 1.807) is 91.5 Å². The summed E-state index contributed by atoms with van der Waals surface area (Å²) in [7, 11) is 1.90. The summed E-state index contributed by atoms with van der Waals surface area (Å²) >= 11 is 0. The van der Waals surface area contributed by atoms with E-state index in [-0.39, 0.29) is 36.7 Å². The highest BCUT2D eigenvalue weighted by molar-refractivity contribution is 5.79. The minimum atomic E-state index is -1.42. The fourth-order valence-corrected chi connectivity index (χ4v) is 15.9. The van der Waals surface area contributed by atoms with Crippen molar-refractivity contribution in [3.05, 3.63) is 254 Å². The van der Waals surface area contributed by atoms with E-state index in [0.29, 0.717) is 120 Å². The Morgan fingerprint density at radius 3 is 1.24 bits per heavy atom. The molecule has 0 amide bonds. The second-order valence-corrected chi connectivity index (χ2v) is 30.2. The van der Waals surface area contributed by atoms with Gasteiger partial charge in [-0.1, -0.05) is 36.4 Å². The standard InChI is InChI=1S/C81H82F3N27O3/c1-54-40-103(26-27-108(54)78-89-38-66(39-90-78)81(4,114)63-10-16-69(84)17-11-63)73-70-28-55(44-109(70)95-49-91-73)59-32-93-106(42-59)52-105-51-97-111-46-57(30-72(111)75(105)100-20-24-102(25-21-100)77-87-36-65(37-88-77)80(3,48-113)62-8-14-68(83)15-9-62)60-33-94-107(43-60)53-104-50-96-110-45-56(58-31-92-98(5)41-58)29-71(110)74(104)99-18-22-101(23-19-99)76-85-34-64(35-86-76)79(2,47-112)61-6-12-67(82)13-7-61/h6-17,28-39,41-46,49-51,54,112-114H,18-27,40,47-48,52-53H2,1-5H3/q+2. The van der Waals surface area contributed by atoms with Crippen molar-refractivity contribution >= 4 is 51.8 Å². The minimum absolute atomic E-state index is 0.00583. The van der Waals surface area contributed by atoms with Crippen molar-refractivity contribution < 1.29 is 37.6 Å². The maximum atomic E-state index is 14.0. The molecule has 0 radical (unpaired) electrons. The number of benzene rings is 3. The van der Waals surface area contributed by atoms with E-state index >= 15 is 0 Å². The predicted molar refractivity (Wildman–Crippen MR) is 418 cm³/mol. The van der Waals surface area contributed by atoms with Crippen LogP contribution in [0.1, 0.15) is 61.1 Å². The van der Waals surface area contributed by atoms with Crippen LogP contribution in [0.5, 0.6) is 0 Å². The van der Waals surface area contributed by atoms with Crippen LogP contribution < -0.4 is 38.5 Å². The zero-order valence-electron chi connectivity index (χ0n) is 63.3. The summed E-state index contributed by atoms with van der Waals surface area (Å²) in [6.45, 7) is 14.5. The first-order chi connectivity index (χ1) is 55.3. The zero-order chi connectivity index (χ0) is 78.2. The molecule has 0 spiro atoms. The van der Waals surface area contributed by atoms with E-state index in [0.717, 1.165) is 84.1 Å². The van der Waals surface area contributed by atoms with E-state index in [9.17, 15) is 28.5 Å². The van der Waals surface area contributed by atoms with Crippen LogP contribution in [0.15, 0.2) is 203 Å². The third-order valence-electron chi connectivity index (χ3n) is 22.8. The average molecular weight is 1540 g/mol. The highest BCUT2D eigenvalue weighted by Crippen LogP contribution is 2.37. The summed E-state index contributed by atoms with van der Waals surface area (Å²) in [5.74, 6) is 3.27. The molecule has 33 heteroatoms. The van der Waals surface area contributed by atoms with Crippen LogP contribution in [-0.2, 0) is 36.8 Å². The lowest BCUT2D eigenvalue weighted by molar-refractivity contribution is -0.693. The molecule has 4 atom stereocenters. The molecule has 114 heavy (non-hydrogen) atoms. The molecule has 0 bridgehead atoms. The maximum absolute atomic E-state index is 14.0. The fraction of sp³-hybridized carbons (Fsp3) is 0.296. The Bertz CT molecular complexity index is 5980. The van der Waals surface area contributed by atoms with Gasteiger partial charge in [0, 0.05) is 156 Å². The molecule has 3 saturated heterocycles. The van der Waals surface area contributed by atoms with Crippen LogP contribution in [0.3, 0.4) is 0 Å². The molecule has 30 nitrogen and oxygen atoms in total. The number of fused-ring (bicyclic) bond motifs is 3. The molecule has 3 aromatic carbocycles. The smallest absolute Gasteiger partial charge is 0.253 e. The zero-order valence-corrected chi connectivity index (χ0v) is 63.3. The average Bonchev–Trinajstić information content (AvgIpc) is 1.58. The lowest BCUT2D eigenvalue weighted by atomic mass is 9.78. The Morgan fingerprint density at radius 1 is 0.404 bits per heavy atom. The first kappa shape index (κ1) is 72.4. The van der Waals surface area contributed by atoms with E-state index < -0.39 is 16.4 Å². The lowest BCUT2D eigenvalue weighted by Crippen LogP contribution is -2.53. The Morgan fingerprint density at radius 2 is 0.798 bits per heavy atom. The van der Waals surface area contributed by atoms with Crippen molar-refractivity contribution in [2.45, 2.75) is 63.5 Å². The molecule has 0 aliphatic carbocycles. The van der Waals surface area contributed by atoms with Gasteiger partial charge < -0.3 is 34.9 Å². The van der Waals surface area contributed by atoms with Crippen LogP contribution in [0.2, 0.25) is 0 Å². The molecule has 3 fully saturated rings. The van der Waals surface area contributed by atoms with Crippen molar-refractivity contribution in [3.63, 3.8) is 0 Å². The molecule has 3 aliphatic heterocycles. The van der Waals surface area contributed by atoms with Crippen molar-refractivity contribution in [1.82, 2.24) is 93.1 Å². The summed E-state index contributed by atoms with van der Waals surface area (Å²) in [5.41, 5.74) is 9.00. The number of aryl methyl sites for hydroxylation is 1. The van der Waals surface area contributed by atoms with Gasteiger partial charge in [0.15, 0.2) is 30.2 Å². The van der Waals surface area contributed by atoms with Crippen molar-refractivity contribution in [1.29, 1.82) is 0 Å². The van der Waals surface area contributed by atoms with E-state index in [1.165, 1.54) is 36.4 Å². The molecule has 18 rings (SSSR count). The number of aliphatic hydroxyl groups is 3.